The first-order valence-electron chi connectivity index (χ1n) is 2.95. The molecule has 1 aromatic rings. The van der Waals surface area contributed by atoms with Gasteiger partial charge in [-0.2, -0.15) is 0 Å². The lowest BCUT2D eigenvalue weighted by Gasteiger charge is -1.92. The van der Waals surface area contributed by atoms with Gasteiger partial charge < -0.3 is 4.42 Å². The van der Waals surface area contributed by atoms with E-state index in [0.29, 0.717) is 11.3 Å². The molecule has 1 rings (SSSR count). The van der Waals surface area contributed by atoms with Gasteiger partial charge in [0.1, 0.15) is 5.76 Å². The minimum atomic E-state index is -0.0602. The molecule has 1 heterocycles. The molecule has 0 N–H and O–H groups in total. The first kappa shape index (κ1) is 6.81. The summed E-state index contributed by atoms with van der Waals surface area (Å²) in [4.78, 5) is 10.7. The van der Waals surface area contributed by atoms with E-state index in [1.165, 1.54) is 13.2 Å². The van der Waals surface area contributed by atoms with Crippen molar-refractivity contribution in [1.29, 1.82) is 0 Å². The van der Waals surface area contributed by atoms with Crippen LogP contribution in [0, 0.1) is 0 Å². The van der Waals surface area contributed by atoms with Crippen LogP contribution in [0.4, 0.5) is 0 Å². The van der Waals surface area contributed by atoms with Gasteiger partial charge in [0.05, 0.1) is 11.8 Å². The van der Waals surface area contributed by atoms with Crippen LogP contribution in [0.3, 0.4) is 0 Å². The quantitative estimate of drug-likeness (QED) is 0.581. The highest BCUT2D eigenvalue weighted by molar-refractivity contribution is 6.17. The Bertz CT molecular complexity index is 244. The molecule has 0 aliphatic carbocycles. The Hall–Kier alpha value is -1.31. The van der Waals surface area contributed by atoms with Gasteiger partial charge in [-0.05, 0) is 19.1 Å². The first-order valence-corrected chi connectivity index (χ1v) is 2.95. The van der Waals surface area contributed by atoms with Crippen molar-refractivity contribution in [2.24, 2.45) is 0 Å². The monoisotopic (exact) mass is 136 g/mol. The molecular weight excluding hydrogens is 128 g/mol. The summed E-state index contributed by atoms with van der Waals surface area (Å²) in [5.74, 6) is 0.488. The van der Waals surface area contributed by atoms with Crippen LogP contribution < -0.4 is 0 Å². The van der Waals surface area contributed by atoms with Crippen molar-refractivity contribution in [3.63, 3.8) is 0 Å². The fraction of sp³-hybridized carbons (Fsp3) is 0.125. The van der Waals surface area contributed by atoms with Crippen molar-refractivity contribution >= 4 is 11.4 Å². The molecule has 0 radical (unpaired) electrons. The van der Waals surface area contributed by atoms with Crippen molar-refractivity contribution in [2.75, 3.05) is 0 Å². The zero-order chi connectivity index (χ0) is 7.56. The van der Waals surface area contributed by atoms with Crippen molar-refractivity contribution < 1.29 is 9.21 Å². The number of carbonyl (C=O) groups is 1. The average molecular weight is 136 g/mol. The molecule has 1 aromatic heterocycles. The maximum absolute atomic E-state index is 10.7. The van der Waals surface area contributed by atoms with Crippen molar-refractivity contribution in [2.45, 2.75) is 6.92 Å². The Kier molecular flexibility index (Phi) is 1.71. The number of carbonyl (C=O) groups excluding carboxylic acids is 1. The van der Waals surface area contributed by atoms with Crippen LogP contribution in [-0.2, 0) is 4.79 Å². The Balaban J connectivity index is 2.88. The van der Waals surface area contributed by atoms with Crippen molar-refractivity contribution in [1.82, 2.24) is 0 Å². The topological polar surface area (TPSA) is 30.2 Å². The van der Waals surface area contributed by atoms with E-state index in [-0.39, 0.29) is 5.78 Å². The van der Waals surface area contributed by atoms with E-state index >= 15 is 0 Å². The standard InChI is InChI=1S/C8H8O2/c1-6(7(2)9)8-4-3-5-10-8/h3-5H,1H2,2H3. The van der Waals surface area contributed by atoms with Crippen LogP contribution in [-0.4, -0.2) is 5.78 Å². The van der Waals surface area contributed by atoms with Gasteiger partial charge in [-0.15, -0.1) is 0 Å². The van der Waals surface area contributed by atoms with Gasteiger partial charge in [-0.1, -0.05) is 6.58 Å². The van der Waals surface area contributed by atoms with Crippen LogP contribution in [0.1, 0.15) is 12.7 Å². The second kappa shape index (κ2) is 2.52. The molecule has 0 amide bonds. The highest BCUT2D eigenvalue weighted by Crippen LogP contribution is 2.12. The van der Waals surface area contributed by atoms with Gasteiger partial charge in [0.2, 0.25) is 0 Å². The Morgan fingerprint density at radius 1 is 1.70 bits per heavy atom. The average Bonchev–Trinajstić information content (AvgIpc) is 2.36. The van der Waals surface area contributed by atoms with Crippen LogP contribution in [0.5, 0.6) is 0 Å². The van der Waals surface area contributed by atoms with Gasteiger partial charge >= 0.3 is 0 Å². The lowest BCUT2D eigenvalue weighted by atomic mass is 10.2. The number of furan rings is 1. The summed E-state index contributed by atoms with van der Waals surface area (Å²) in [6, 6.07) is 3.44. The van der Waals surface area contributed by atoms with Gasteiger partial charge in [0, 0.05) is 0 Å². The third-order valence-electron chi connectivity index (χ3n) is 1.24. The molecular formula is C8H8O2. The van der Waals surface area contributed by atoms with E-state index in [9.17, 15) is 4.79 Å². The lowest BCUT2D eigenvalue weighted by molar-refractivity contribution is -0.111. The molecule has 0 spiro atoms. The molecule has 0 saturated heterocycles. The highest BCUT2D eigenvalue weighted by Gasteiger charge is 2.04. The van der Waals surface area contributed by atoms with E-state index in [1.54, 1.807) is 12.1 Å². The third-order valence-corrected chi connectivity index (χ3v) is 1.24. The smallest absolute Gasteiger partial charge is 0.162 e. The maximum atomic E-state index is 10.7. The Labute approximate surface area is 59.2 Å². The number of rotatable bonds is 2. The predicted molar refractivity (Wildman–Crippen MR) is 38.4 cm³/mol. The zero-order valence-electron chi connectivity index (χ0n) is 5.76. The zero-order valence-corrected chi connectivity index (χ0v) is 5.76. The molecule has 0 aromatic carbocycles. The molecule has 0 aliphatic rings. The molecule has 0 unspecified atom stereocenters. The predicted octanol–water partition coefficient (Wildman–Crippen LogP) is 1.88. The van der Waals surface area contributed by atoms with Gasteiger partial charge in [0.15, 0.2) is 5.78 Å². The molecule has 0 fully saturated rings. The minimum absolute atomic E-state index is 0.0602. The summed E-state index contributed by atoms with van der Waals surface area (Å²) in [5.41, 5.74) is 0.421. The molecule has 10 heavy (non-hydrogen) atoms. The van der Waals surface area contributed by atoms with Gasteiger partial charge in [-0.3, -0.25) is 4.79 Å². The van der Waals surface area contributed by atoms with Gasteiger partial charge in [0.25, 0.3) is 0 Å². The molecule has 52 valence electrons. The molecule has 0 bridgehead atoms. The summed E-state index contributed by atoms with van der Waals surface area (Å²) in [6.07, 6.45) is 1.52. The van der Waals surface area contributed by atoms with Crippen LogP contribution in [0.2, 0.25) is 0 Å². The van der Waals surface area contributed by atoms with E-state index in [0.717, 1.165) is 0 Å². The number of allylic oxidation sites excluding steroid dienone is 1. The summed E-state index contributed by atoms with van der Waals surface area (Å²) in [7, 11) is 0. The van der Waals surface area contributed by atoms with Crippen molar-refractivity contribution in [3.8, 4) is 0 Å². The molecule has 0 aliphatic heterocycles. The number of hydrogen-bond donors (Lipinski definition) is 0. The Morgan fingerprint density at radius 3 is 2.80 bits per heavy atom. The van der Waals surface area contributed by atoms with Crippen LogP contribution in [0.25, 0.3) is 5.57 Å². The normalized spacial score (nSPS) is 9.30. The maximum Gasteiger partial charge on any atom is 0.162 e. The van der Waals surface area contributed by atoms with E-state index in [1.807, 2.05) is 0 Å². The van der Waals surface area contributed by atoms with Crippen LogP contribution in [0.15, 0.2) is 29.4 Å². The van der Waals surface area contributed by atoms with Crippen molar-refractivity contribution in [3.05, 3.63) is 30.7 Å². The first-order chi connectivity index (χ1) is 4.72. The second-order valence-electron chi connectivity index (χ2n) is 2.01. The highest BCUT2D eigenvalue weighted by atomic mass is 16.3. The molecule has 2 heteroatoms. The van der Waals surface area contributed by atoms with Crippen LogP contribution >= 0.6 is 0 Å². The largest absolute Gasteiger partial charge is 0.464 e. The minimum Gasteiger partial charge on any atom is -0.464 e. The summed E-state index contributed by atoms with van der Waals surface area (Å²) < 4.78 is 4.94. The van der Waals surface area contributed by atoms with E-state index in [2.05, 4.69) is 6.58 Å². The van der Waals surface area contributed by atoms with E-state index < -0.39 is 0 Å². The fourth-order valence-electron chi connectivity index (χ4n) is 0.624. The lowest BCUT2D eigenvalue weighted by Crippen LogP contribution is -1.91. The van der Waals surface area contributed by atoms with Gasteiger partial charge in [-0.25, -0.2) is 0 Å². The second-order valence-corrected chi connectivity index (χ2v) is 2.01. The number of Topliss-reactive ketones (excluding diaryl/α,β-unsaturated/α-hetero) is 1. The molecule has 2 nitrogen and oxygen atoms in total. The molecule has 0 saturated carbocycles. The third kappa shape index (κ3) is 1.16. The Morgan fingerprint density at radius 2 is 2.40 bits per heavy atom. The summed E-state index contributed by atoms with van der Waals surface area (Å²) >= 11 is 0. The SMILES string of the molecule is C=C(C(C)=O)c1ccco1. The number of hydrogen-bond acceptors (Lipinski definition) is 2. The summed E-state index contributed by atoms with van der Waals surface area (Å²) in [5, 5.41) is 0. The van der Waals surface area contributed by atoms with E-state index in [4.69, 9.17) is 4.42 Å². The molecule has 0 atom stereocenters. The fourth-order valence-corrected chi connectivity index (χ4v) is 0.624. The summed E-state index contributed by atoms with van der Waals surface area (Å²) in [6.45, 7) is 5.02. The number of ketones is 1.